The number of nitrogens with one attached hydrogen (secondary N) is 1. The topological polar surface area (TPSA) is 63.6 Å². The Balaban J connectivity index is 1.81. The summed E-state index contributed by atoms with van der Waals surface area (Å²) in [6.07, 6.45) is 0.185. The predicted octanol–water partition coefficient (Wildman–Crippen LogP) is 3.96. The minimum absolute atomic E-state index is 0.382. The van der Waals surface area contributed by atoms with Gasteiger partial charge in [0.05, 0.1) is 25.8 Å². The third-order valence-electron chi connectivity index (χ3n) is 4.41. The monoisotopic (exact) mass is 352 g/mol. The van der Waals surface area contributed by atoms with Crippen molar-refractivity contribution >= 4 is 16.6 Å². The SMILES string of the molecule is CCc1cc(NCC(O)c2ccc(OC)c(OC)c2)c2ccccc2n1. The zero-order valence-corrected chi connectivity index (χ0v) is 15.3. The summed E-state index contributed by atoms with van der Waals surface area (Å²) in [5.41, 5.74) is 3.72. The molecule has 1 heterocycles. The molecule has 5 nitrogen and oxygen atoms in total. The van der Waals surface area contributed by atoms with Crippen LogP contribution >= 0.6 is 0 Å². The summed E-state index contributed by atoms with van der Waals surface area (Å²) in [5.74, 6) is 1.25. The molecular weight excluding hydrogens is 328 g/mol. The Morgan fingerprint density at radius 3 is 2.54 bits per heavy atom. The smallest absolute Gasteiger partial charge is 0.161 e. The highest BCUT2D eigenvalue weighted by Crippen LogP contribution is 2.30. The largest absolute Gasteiger partial charge is 0.493 e. The first-order valence-corrected chi connectivity index (χ1v) is 8.68. The van der Waals surface area contributed by atoms with Gasteiger partial charge in [-0.15, -0.1) is 0 Å². The van der Waals surface area contributed by atoms with Crippen molar-refractivity contribution in [1.82, 2.24) is 4.98 Å². The second kappa shape index (κ2) is 8.06. The molecule has 0 fully saturated rings. The van der Waals surface area contributed by atoms with Gasteiger partial charge in [-0.1, -0.05) is 31.2 Å². The molecule has 0 radical (unpaired) electrons. The fraction of sp³-hybridized carbons (Fsp3) is 0.286. The number of anilines is 1. The lowest BCUT2D eigenvalue weighted by atomic mass is 10.1. The molecule has 1 aromatic heterocycles. The summed E-state index contributed by atoms with van der Waals surface area (Å²) in [6, 6.07) is 15.5. The van der Waals surface area contributed by atoms with Crippen molar-refractivity contribution in [1.29, 1.82) is 0 Å². The Morgan fingerprint density at radius 1 is 1.04 bits per heavy atom. The molecule has 3 aromatic rings. The van der Waals surface area contributed by atoms with E-state index in [9.17, 15) is 5.11 Å². The summed E-state index contributed by atoms with van der Waals surface area (Å²) < 4.78 is 10.6. The number of hydrogen-bond donors (Lipinski definition) is 2. The summed E-state index contributed by atoms with van der Waals surface area (Å²) in [7, 11) is 3.18. The van der Waals surface area contributed by atoms with Gasteiger partial charge in [0.25, 0.3) is 0 Å². The molecule has 0 saturated carbocycles. The van der Waals surface area contributed by atoms with Gasteiger partial charge < -0.3 is 19.9 Å². The van der Waals surface area contributed by atoms with Crippen molar-refractivity contribution in [2.24, 2.45) is 0 Å². The number of para-hydroxylation sites is 1. The average Bonchev–Trinajstić information content (AvgIpc) is 2.70. The van der Waals surface area contributed by atoms with Crippen LogP contribution in [0.25, 0.3) is 10.9 Å². The number of fused-ring (bicyclic) bond motifs is 1. The van der Waals surface area contributed by atoms with Crippen LogP contribution < -0.4 is 14.8 Å². The maximum absolute atomic E-state index is 10.6. The second-order valence-electron chi connectivity index (χ2n) is 6.04. The first-order chi connectivity index (χ1) is 12.7. The molecule has 136 valence electrons. The zero-order valence-electron chi connectivity index (χ0n) is 15.3. The van der Waals surface area contributed by atoms with Gasteiger partial charge in [0.1, 0.15) is 0 Å². The second-order valence-corrected chi connectivity index (χ2v) is 6.04. The van der Waals surface area contributed by atoms with Crippen LogP contribution in [0, 0.1) is 0 Å². The summed E-state index contributed by atoms with van der Waals surface area (Å²) in [6.45, 7) is 2.46. The number of ether oxygens (including phenoxy) is 2. The van der Waals surface area contributed by atoms with Crippen molar-refractivity contribution in [3.63, 3.8) is 0 Å². The van der Waals surface area contributed by atoms with Gasteiger partial charge in [0.15, 0.2) is 11.5 Å². The maximum atomic E-state index is 10.6. The number of rotatable bonds is 7. The molecule has 0 aliphatic heterocycles. The summed E-state index contributed by atoms with van der Waals surface area (Å²) >= 11 is 0. The number of aryl methyl sites for hydroxylation is 1. The number of aliphatic hydroxyl groups is 1. The van der Waals surface area contributed by atoms with E-state index in [0.717, 1.165) is 34.3 Å². The van der Waals surface area contributed by atoms with Crippen LogP contribution in [0.15, 0.2) is 48.5 Å². The fourth-order valence-electron chi connectivity index (χ4n) is 2.94. The van der Waals surface area contributed by atoms with Crippen molar-refractivity contribution in [3.05, 3.63) is 59.8 Å². The molecule has 2 N–H and O–H groups in total. The number of benzene rings is 2. The molecule has 3 rings (SSSR count). The van der Waals surface area contributed by atoms with Crippen molar-refractivity contribution in [3.8, 4) is 11.5 Å². The van der Waals surface area contributed by atoms with Crippen LogP contribution in [0.1, 0.15) is 24.3 Å². The van der Waals surface area contributed by atoms with Gasteiger partial charge in [-0.25, -0.2) is 0 Å². The molecule has 0 spiro atoms. The minimum Gasteiger partial charge on any atom is -0.493 e. The van der Waals surface area contributed by atoms with Crippen LogP contribution in [0.5, 0.6) is 11.5 Å². The Kier molecular flexibility index (Phi) is 5.58. The van der Waals surface area contributed by atoms with Crippen LogP contribution in [-0.2, 0) is 6.42 Å². The van der Waals surface area contributed by atoms with Gasteiger partial charge in [-0.05, 0) is 36.2 Å². The van der Waals surface area contributed by atoms with Gasteiger partial charge in [-0.2, -0.15) is 0 Å². The quantitative estimate of drug-likeness (QED) is 0.674. The van der Waals surface area contributed by atoms with E-state index >= 15 is 0 Å². The van der Waals surface area contributed by atoms with E-state index < -0.39 is 6.10 Å². The molecule has 0 saturated heterocycles. The predicted molar refractivity (Wildman–Crippen MR) is 104 cm³/mol. The Hall–Kier alpha value is -2.79. The molecule has 0 aliphatic rings. The first kappa shape index (κ1) is 18.0. The number of pyridine rings is 1. The highest BCUT2D eigenvalue weighted by molar-refractivity contribution is 5.91. The molecule has 1 atom stereocenters. The first-order valence-electron chi connectivity index (χ1n) is 8.68. The van der Waals surface area contributed by atoms with Crippen LogP contribution in [0.3, 0.4) is 0 Å². The number of aliphatic hydroxyl groups excluding tert-OH is 1. The Labute approximate surface area is 153 Å². The molecule has 5 heteroatoms. The standard InChI is InChI=1S/C21H24N2O3/c1-4-15-12-18(16-7-5-6-8-17(16)23-15)22-13-19(24)14-9-10-20(25-2)21(11-14)26-3/h5-12,19,24H,4,13H2,1-3H3,(H,22,23). The Bertz CT molecular complexity index is 896. The van der Waals surface area contributed by atoms with Gasteiger partial charge in [0, 0.05) is 23.3 Å². The average molecular weight is 352 g/mol. The molecular formula is C21H24N2O3. The number of hydrogen-bond acceptors (Lipinski definition) is 5. The third-order valence-corrected chi connectivity index (χ3v) is 4.41. The van der Waals surface area contributed by atoms with E-state index in [1.807, 2.05) is 36.4 Å². The van der Waals surface area contributed by atoms with Crippen molar-refractivity contribution in [2.45, 2.75) is 19.4 Å². The minimum atomic E-state index is -0.674. The van der Waals surface area contributed by atoms with Crippen LogP contribution in [-0.4, -0.2) is 30.9 Å². The maximum Gasteiger partial charge on any atom is 0.161 e. The third kappa shape index (κ3) is 3.73. The van der Waals surface area contributed by atoms with E-state index in [2.05, 4.69) is 17.2 Å². The molecule has 0 aliphatic carbocycles. The lowest BCUT2D eigenvalue weighted by molar-refractivity contribution is 0.191. The highest BCUT2D eigenvalue weighted by Gasteiger charge is 2.13. The van der Waals surface area contributed by atoms with E-state index in [4.69, 9.17) is 9.47 Å². The number of nitrogens with zero attached hydrogens (tertiary/aromatic N) is 1. The molecule has 1 unspecified atom stereocenters. The normalized spacial score (nSPS) is 12.0. The van der Waals surface area contributed by atoms with Crippen molar-refractivity contribution < 1.29 is 14.6 Å². The molecule has 2 aromatic carbocycles. The van der Waals surface area contributed by atoms with Gasteiger partial charge in [-0.3, -0.25) is 4.98 Å². The summed E-state index contributed by atoms with van der Waals surface area (Å²) in [4.78, 5) is 4.65. The zero-order chi connectivity index (χ0) is 18.5. The van der Waals surface area contributed by atoms with E-state index in [1.165, 1.54) is 0 Å². The van der Waals surface area contributed by atoms with Crippen molar-refractivity contribution in [2.75, 3.05) is 26.1 Å². The molecule has 26 heavy (non-hydrogen) atoms. The summed E-state index contributed by atoms with van der Waals surface area (Å²) in [5, 5.41) is 15.0. The van der Waals surface area contributed by atoms with Gasteiger partial charge >= 0.3 is 0 Å². The van der Waals surface area contributed by atoms with Crippen LogP contribution in [0.4, 0.5) is 5.69 Å². The number of methoxy groups -OCH3 is 2. The van der Waals surface area contributed by atoms with Crippen LogP contribution in [0.2, 0.25) is 0 Å². The lowest BCUT2D eigenvalue weighted by Gasteiger charge is -2.17. The lowest BCUT2D eigenvalue weighted by Crippen LogP contribution is -2.13. The Morgan fingerprint density at radius 2 is 1.81 bits per heavy atom. The molecule has 0 amide bonds. The fourth-order valence-corrected chi connectivity index (χ4v) is 2.94. The number of aromatic nitrogens is 1. The van der Waals surface area contributed by atoms with E-state index in [-0.39, 0.29) is 0 Å². The molecule has 0 bridgehead atoms. The van der Waals surface area contributed by atoms with E-state index in [1.54, 1.807) is 26.4 Å². The van der Waals surface area contributed by atoms with Gasteiger partial charge in [0.2, 0.25) is 0 Å². The highest BCUT2D eigenvalue weighted by atomic mass is 16.5. The van der Waals surface area contributed by atoms with E-state index in [0.29, 0.717) is 18.0 Å².